The summed E-state index contributed by atoms with van der Waals surface area (Å²) in [5.74, 6) is 0.793. The minimum absolute atomic E-state index is 0.149. The van der Waals surface area contributed by atoms with Crippen LogP contribution in [-0.2, 0) is 24.6 Å². The molecule has 15 nitrogen and oxygen atoms in total. The number of nitrogens with zero attached hydrogens (tertiary/aromatic N) is 9. The van der Waals surface area contributed by atoms with Crippen LogP contribution in [0.25, 0.3) is 22.8 Å². The van der Waals surface area contributed by atoms with E-state index in [1.165, 1.54) is 25.1 Å². The summed E-state index contributed by atoms with van der Waals surface area (Å²) in [5.41, 5.74) is 3.24. The average Bonchev–Trinajstić information content (AvgIpc) is 3.06. The Balaban J connectivity index is 0.000000174. The average molecular weight is 422 g/mol. The van der Waals surface area contributed by atoms with Crippen molar-refractivity contribution in [2.45, 2.75) is 0 Å². The Hall–Kier alpha value is -3.95. The molecule has 0 atom stereocenters. The Morgan fingerprint density at radius 1 is 1.14 bits per heavy atom. The van der Waals surface area contributed by atoms with Gasteiger partial charge in [-0.25, -0.2) is 4.79 Å². The molecule has 16 heteroatoms. The summed E-state index contributed by atoms with van der Waals surface area (Å²) in [4.78, 5) is 19.9. The lowest BCUT2D eigenvalue weighted by Crippen LogP contribution is -2.10. The normalized spacial score (nSPS) is 10.5. The molecule has 2 amide bonds. The molecule has 2 aromatic heterocycles. The number of ether oxygens (including phenoxy) is 2. The van der Waals surface area contributed by atoms with Crippen LogP contribution in [0.3, 0.4) is 0 Å². The molecule has 1 aliphatic carbocycles. The molecule has 152 valence electrons. The first-order valence-corrected chi connectivity index (χ1v) is 8.76. The van der Waals surface area contributed by atoms with Gasteiger partial charge < -0.3 is 9.47 Å². The molecule has 0 saturated carbocycles. The van der Waals surface area contributed by atoms with Crippen LogP contribution in [0.15, 0.2) is 10.4 Å². The zero-order chi connectivity index (χ0) is 21.1. The third-order valence-electron chi connectivity index (χ3n) is 3.41. The molecule has 0 radical (unpaired) electrons. The van der Waals surface area contributed by atoms with E-state index in [0.717, 1.165) is 17.0 Å². The van der Waals surface area contributed by atoms with E-state index < -0.39 is 16.5 Å². The first-order chi connectivity index (χ1) is 13.8. The van der Waals surface area contributed by atoms with Crippen LogP contribution in [0, 0.1) is 0 Å². The molecule has 4 rings (SSSR count). The number of hydrogen-bond donors (Lipinski definition) is 1. The lowest BCUT2D eigenvalue weighted by molar-refractivity contribution is 0.259. The molecule has 3 heterocycles. The van der Waals surface area contributed by atoms with Crippen LogP contribution < -0.4 is 14.8 Å². The highest BCUT2D eigenvalue weighted by molar-refractivity contribution is 7.62. The van der Waals surface area contributed by atoms with Gasteiger partial charge in [0.1, 0.15) is 11.4 Å². The van der Waals surface area contributed by atoms with Gasteiger partial charge in [0.15, 0.2) is 0 Å². The number of carbonyl (C=O) groups excluding carboxylic acids is 1. The van der Waals surface area contributed by atoms with Gasteiger partial charge in [-0.3, -0.25) is 10.00 Å². The van der Waals surface area contributed by atoms with Crippen molar-refractivity contribution in [3.63, 3.8) is 0 Å². The van der Waals surface area contributed by atoms with Crippen LogP contribution in [0.5, 0.6) is 11.8 Å². The third kappa shape index (κ3) is 4.49. The molecule has 2 aliphatic rings. The Morgan fingerprint density at radius 2 is 1.79 bits per heavy atom. The van der Waals surface area contributed by atoms with Crippen LogP contribution in [0.1, 0.15) is 0 Å². The van der Waals surface area contributed by atoms with Gasteiger partial charge in [0.2, 0.25) is 23.5 Å². The van der Waals surface area contributed by atoms with Crippen molar-refractivity contribution in [2.24, 2.45) is 18.5 Å². The molecule has 0 spiro atoms. The summed E-state index contributed by atoms with van der Waals surface area (Å²) in [6, 6.07) is 0.270. The summed E-state index contributed by atoms with van der Waals surface area (Å²) in [6.07, 6.45) is 0. The number of aryl methyl sites for hydroxylation is 2. The van der Waals surface area contributed by atoms with Crippen molar-refractivity contribution in [3.05, 3.63) is 6.07 Å². The number of methoxy groups -OCH3 is 2. The maximum absolute atomic E-state index is 11.0. The standard InChI is InChI=1S/C7H8N4O5S.C6H6N6/c1-15-4-3-5(16-2)9-6(8-4)10-7(12)11-17(13)14;1-11-5-3(4(5)8-11)6-7-10-12(2)9-6/h3H,1-2H3,(H,8,9,10,12);1-2H3. The SMILES string of the molecule is COc1cc(OC)nc(NC(=O)N=S(=O)=O)n1.Cn1nnc(-c2c3nn(C)c2-3)n1. The molecule has 0 aromatic carbocycles. The molecule has 0 fully saturated rings. The first-order valence-electron chi connectivity index (χ1n) is 7.73. The lowest BCUT2D eigenvalue weighted by atomic mass is 10.5. The van der Waals surface area contributed by atoms with E-state index in [1.54, 1.807) is 7.05 Å². The maximum Gasteiger partial charge on any atom is 0.362 e. The second-order valence-electron chi connectivity index (χ2n) is 5.31. The molecular formula is C13H14N10O5S. The van der Waals surface area contributed by atoms with E-state index in [4.69, 9.17) is 9.47 Å². The van der Waals surface area contributed by atoms with Gasteiger partial charge >= 0.3 is 16.5 Å². The quantitative estimate of drug-likeness (QED) is 0.455. The number of carbonyl (C=O) groups is 1. The van der Waals surface area contributed by atoms with Gasteiger partial charge in [-0.2, -0.15) is 28.3 Å². The minimum Gasteiger partial charge on any atom is -0.481 e. The number of fused-ring (bicyclic) bond motifs is 1. The zero-order valence-electron chi connectivity index (χ0n) is 15.6. The highest BCUT2D eigenvalue weighted by Gasteiger charge is 2.37. The largest absolute Gasteiger partial charge is 0.481 e. The van der Waals surface area contributed by atoms with E-state index in [0.29, 0.717) is 5.82 Å². The molecule has 0 bridgehead atoms. The summed E-state index contributed by atoms with van der Waals surface area (Å²) >= 11 is 0. The Kier molecular flexibility index (Phi) is 5.44. The fraction of sp³-hybridized carbons (Fsp3) is 0.308. The maximum atomic E-state index is 11.0. The highest BCUT2D eigenvalue weighted by atomic mass is 32.2. The van der Waals surface area contributed by atoms with Gasteiger partial charge in [0.05, 0.1) is 32.9 Å². The highest BCUT2D eigenvalue weighted by Crippen LogP contribution is 2.48. The van der Waals surface area contributed by atoms with Crippen LogP contribution in [-0.4, -0.2) is 68.6 Å². The van der Waals surface area contributed by atoms with E-state index >= 15 is 0 Å². The smallest absolute Gasteiger partial charge is 0.362 e. The van der Waals surface area contributed by atoms with Gasteiger partial charge in [-0.1, -0.05) is 4.36 Å². The van der Waals surface area contributed by atoms with Crippen LogP contribution in [0.4, 0.5) is 10.7 Å². The minimum atomic E-state index is -2.84. The molecule has 29 heavy (non-hydrogen) atoms. The van der Waals surface area contributed by atoms with Crippen molar-refractivity contribution in [3.8, 4) is 34.5 Å². The molecule has 0 unspecified atom stereocenters. The Morgan fingerprint density at radius 3 is 2.21 bits per heavy atom. The second-order valence-corrected chi connectivity index (χ2v) is 5.93. The fourth-order valence-electron chi connectivity index (χ4n) is 2.19. The van der Waals surface area contributed by atoms with Crippen molar-refractivity contribution in [1.29, 1.82) is 0 Å². The zero-order valence-corrected chi connectivity index (χ0v) is 16.4. The van der Waals surface area contributed by atoms with Crippen molar-refractivity contribution >= 4 is 22.5 Å². The number of amides is 2. The number of rotatable bonds is 4. The van der Waals surface area contributed by atoms with Crippen molar-refractivity contribution in [2.75, 3.05) is 19.5 Å². The van der Waals surface area contributed by atoms with Crippen LogP contribution in [0.2, 0.25) is 0 Å². The second kappa shape index (κ2) is 7.97. The predicted molar refractivity (Wildman–Crippen MR) is 95.5 cm³/mol. The summed E-state index contributed by atoms with van der Waals surface area (Å²) < 4.78 is 34.4. The summed E-state index contributed by atoms with van der Waals surface area (Å²) in [5, 5.41) is 17.9. The Labute approximate surface area is 164 Å². The third-order valence-corrected chi connectivity index (χ3v) is 3.73. The predicted octanol–water partition coefficient (Wildman–Crippen LogP) is -0.321. The summed E-state index contributed by atoms with van der Waals surface area (Å²) in [7, 11) is 3.54. The van der Waals surface area contributed by atoms with Gasteiger partial charge in [-0.15, -0.1) is 10.2 Å². The number of nitrogens with one attached hydrogen (secondary N) is 1. The molecule has 1 aliphatic heterocycles. The van der Waals surface area contributed by atoms with Crippen molar-refractivity contribution < 1.29 is 22.7 Å². The number of aromatic nitrogens is 8. The van der Waals surface area contributed by atoms with E-state index in [2.05, 4.69) is 34.8 Å². The number of hydrogen-bond acceptors (Lipinski definition) is 11. The van der Waals surface area contributed by atoms with Gasteiger partial charge in [0, 0.05) is 7.05 Å². The monoisotopic (exact) mass is 422 g/mol. The van der Waals surface area contributed by atoms with Crippen LogP contribution >= 0.6 is 0 Å². The molecule has 2 aromatic rings. The number of anilines is 1. The van der Waals surface area contributed by atoms with E-state index in [-0.39, 0.29) is 17.7 Å². The van der Waals surface area contributed by atoms with E-state index in [1.807, 2.05) is 17.0 Å². The van der Waals surface area contributed by atoms with E-state index in [9.17, 15) is 13.2 Å². The molecule has 1 N–H and O–H groups in total. The van der Waals surface area contributed by atoms with Gasteiger partial charge in [-0.05, 0) is 5.21 Å². The Bertz CT molecular complexity index is 1180. The van der Waals surface area contributed by atoms with Crippen molar-refractivity contribution in [1.82, 2.24) is 40.0 Å². The first kappa shape index (κ1) is 19.8. The van der Waals surface area contributed by atoms with Gasteiger partial charge in [0.25, 0.3) is 0 Å². The summed E-state index contributed by atoms with van der Waals surface area (Å²) in [6.45, 7) is 0. The fourth-order valence-corrected chi connectivity index (χ4v) is 2.37. The molecule has 0 saturated heterocycles. The molecular weight excluding hydrogens is 408 g/mol. The topological polar surface area (TPSA) is 181 Å². The number of urea groups is 1. The number of tetrazole rings is 1. The lowest BCUT2D eigenvalue weighted by Gasteiger charge is -2.05.